The van der Waals surface area contributed by atoms with Gasteiger partial charge in [-0.3, -0.25) is 4.99 Å². The first kappa shape index (κ1) is 10.2. The lowest BCUT2D eigenvalue weighted by Gasteiger charge is -2.12. The predicted octanol–water partition coefficient (Wildman–Crippen LogP) is 1.96. The molecule has 0 aliphatic carbocycles. The molecular formula is C11H17N3O. The summed E-state index contributed by atoms with van der Waals surface area (Å²) in [5, 5.41) is 3.27. The molecule has 2 rings (SSSR count). The van der Waals surface area contributed by atoms with Crippen molar-refractivity contribution in [3.8, 4) is 0 Å². The van der Waals surface area contributed by atoms with Gasteiger partial charge in [0.2, 0.25) is 5.89 Å². The largest absolute Gasteiger partial charge is 0.444 e. The molecule has 1 aromatic heterocycles. The maximum atomic E-state index is 5.48. The Hall–Kier alpha value is -1.32. The third-order valence-corrected chi connectivity index (χ3v) is 2.64. The Balaban J connectivity index is 1.89. The van der Waals surface area contributed by atoms with Gasteiger partial charge in [0, 0.05) is 13.0 Å². The summed E-state index contributed by atoms with van der Waals surface area (Å²) in [5.74, 6) is 2.74. The summed E-state index contributed by atoms with van der Waals surface area (Å²) in [6.45, 7) is 5.49. The highest BCUT2D eigenvalue weighted by atomic mass is 16.4. The summed E-state index contributed by atoms with van der Waals surface area (Å²) in [6, 6.07) is 0. The molecule has 0 spiro atoms. The lowest BCUT2D eigenvalue weighted by molar-refractivity contribution is 0.463. The Kier molecular flexibility index (Phi) is 3.04. The maximum absolute atomic E-state index is 5.48. The van der Waals surface area contributed by atoms with Crippen LogP contribution in [0.3, 0.4) is 0 Å². The molecule has 0 atom stereocenters. The van der Waals surface area contributed by atoms with Crippen molar-refractivity contribution < 1.29 is 4.42 Å². The first-order valence-electron chi connectivity index (χ1n) is 5.46. The normalized spacial score (nSPS) is 16.3. The maximum Gasteiger partial charge on any atom is 0.213 e. The Morgan fingerprint density at radius 3 is 2.80 bits per heavy atom. The summed E-state index contributed by atoms with van der Waals surface area (Å²) in [5.41, 5.74) is 0.970. The SMILES string of the molecule is Cc1nc(CNC2=NCCCC2)oc1C. The van der Waals surface area contributed by atoms with Gasteiger partial charge in [0.05, 0.1) is 18.1 Å². The molecule has 4 heteroatoms. The van der Waals surface area contributed by atoms with Gasteiger partial charge in [-0.05, 0) is 26.7 Å². The van der Waals surface area contributed by atoms with Crippen molar-refractivity contribution in [2.75, 3.05) is 6.54 Å². The third kappa shape index (κ3) is 2.58. The predicted molar refractivity (Wildman–Crippen MR) is 59.0 cm³/mol. The van der Waals surface area contributed by atoms with Crippen LogP contribution in [0.5, 0.6) is 0 Å². The number of rotatable bonds is 2. The summed E-state index contributed by atoms with van der Waals surface area (Å²) >= 11 is 0. The van der Waals surface area contributed by atoms with E-state index >= 15 is 0 Å². The van der Waals surface area contributed by atoms with E-state index in [1.807, 2.05) is 13.8 Å². The van der Waals surface area contributed by atoms with Crippen molar-refractivity contribution in [2.45, 2.75) is 39.7 Å². The second-order valence-corrected chi connectivity index (χ2v) is 3.89. The van der Waals surface area contributed by atoms with Crippen LogP contribution in [-0.4, -0.2) is 17.4 Å². The van der Waals surface area contributed by atoms with Crippen LogP contribution in [0.15, 0.2) is 9.41 Å². The standard InChI is InChI=1S/C11H17N3O/c1-8-9(2)15-11(14-8)7-13-10-5-3-4-6-12-10/h3-7H2,1-2H3,(H,12,13). The quantitative estimate of drug-likeness (QED) is 0.806. The number of oxazole rings is 1. The van der Waals surface area contributed by atoms with Gasteiger partial charge in [-0.15, -0.1) is 0 Å². The Bertz CT molecular complexity index is 348. The monoisotopic (exact) mass is 207 g/mol. The molecule has 0 amide bonds. The topological polar surface area (TPSA) is 50.4 Å². The smallest absolute Gasteiger partial charge is 0.213 e. The van der Waals surface area contributed by atoms with Crippen LogP contribution < -0.4 is 5.32 Å². The van der Waals surface area contributed by atoms with E-state index in [-0.39, 0.29) is 0 Å². The summed E-state index contributed by atoms with van der Waals surface area (Å²) in [7, 11) is 0. The van der Waals surface area contributed by atoms with E-state index in [9.17, 15) is 0 Å². The fourth-order valence-corrected chi connectivity index (χ4v) is 1.63. The first-order chi connectivity index (χ1) is 7.25. The van der Waals surface area contributed by atoms with Crippen molar-refractivity contribution in [3.63, 3.8) is 0 Å². The van der Waals surface area contributed by atoms with Gasteiger partial charge >= 0.3 is 0 Å². The van der Waals surface area contributed by atoms with Crippen LogP contribution in [0, 0.1) is 13.8 Å². The number of nitrogens with zero attached hydrogens (tertiary/aromatic N) is 2. The number of amidine groups is 1. The Labute approximate surface area is 89.8 Å². The molecule has 1 aliphatic rings. The number of nitrogens with one attached hydrogen (secondary N) is 1. The molecule has 2 heterocycles. The minimum Gasteiger partial charge on any atom is -0.444 e. The van der Waals surface area contributed by atoms with Crippen molar-refractivity contribution in [3.05, 3.63) is 17.3 Å². The third-order valence-electron chi connectivity index (χ3n) is 2.64. The average molecular weight is 207 g/mol. The van der Waals surface area contributed by atoms with E-state index < -0.39 is 0 Å². The number of aliphatic imine (C=N–C) groups is 1. The fraction of sp³-hybridized carbons (Fsp3) is 0.636. The van der Waals surface area contributed by atoms with Crippen molar-refractivity contribution in [1.29, 1.82) is 0 Å². The molecule has 4 nitrogen and oxygen atoms in total. The van der Waals surface area contributed by atoms with Crippen LogP contribution in [0.2, 0.25) is 0 Å². The molecule has 0 unspecified atom stereocenters. The first-order valence-corrected chi connectivity index (χ1v) is 5.46. The Morgan fingerprint density at radius 1 is 1.33 bits per heavy atom. The lowest BCUT2D eigenvalue weighted by atomic mass is 10.2. The van der Waals surface area contributed by atoms with Gasteiger partial charge in [-0.1, -0.05) is 0 Å². The fourth-order valence-electron chi connectivity index (χ4n) is 1.63. The van der Waals surface area contributed by atoms with E-state index in [1.54, 1.807) is 0 Å². The van der Waals surface area contributed by atoms with Crippen molar-refractivity contribution >= 4 is 5.84 Å². The van der Waals surface area contributed by atoms with Crippen LogP contribution in [0.4, 0.5) is 0 Å². The average Bonchev–Trinajstić information content (AvgIpc) is 2.57. The number of aryl methyl sites for hydroxylation is 2. The van der Waals surface area contributed by atoms with Gasteiger partial charge in [-0.25, -0.2) is 4.98 Å². The van der Waals surface area contributed by atoms with Crippen LogP contribution >= 0.6 is 0 Å². The van der Waals surface area contributed by atoms with Gasteiger partial charge in [0.25, 0.3) is 0 Å². The number of hydrogen-bond acceptors (Lipinski definition) is 4. The number of hydrogen-bond donors (Lipinski definition) is 1. The highest BCUT2D eigenvalue weighted by molar-refractivity contribution is 5.82. The van der Waals surface area contributed by atoms with Gasteiger partial charge in [-0.2, -0.15) is 0 Å². The molecular weight excluding hydrogens is 190 g/mol. The minimum absolute atomic E-state index is 0.646. The molecule has 0 radical (unpaired) electrons. The van der Waals surface area contributed by atoms with Crippen LogP contribution in [-0.2, 0) is 6.54 Å². The van der Waals surface area contributed by atoms with Crippen LogP contribution in [0.25, 0.3) is 0 Å². The van der Waals surface area contributed by atoms with Gasteiger partial charge in [0.1, 0.15) is 5.76 Å². The molecule has 0 saturated heterocycles. The lowest BCUT2D eigenvalue weighted by Crippen LogP contribution is -2.25. The highest BCUT2D eigenvalue weighted by Crippen LogP contribution is 2.09. The summed E-state index contributed by atoms with van der Waals surface area (Å²) in [4.78, 5) is 8.72. The zero-order valence-electron chi connectivity index (χ0n) is 9.34. The number of aromatic nitrogens is 1. The molecule has 82 valence electrons. The second kappa shape index (κ2) is 4.47. The zero-order chi connectivity index (χ0) is 10.7. The molecule has 0 bridgehead atoms. The molecule has 15 heavy (non-hydrogen) atoms. The molecule has 0 fully saturated rings. The molecule has 1 aromatic rings. The van der Waals surface area contributed by atoms with Crippen LogP contribution in [0.1, 0.15) is 36.6 Å². The highest BCUT2D eigenvalue weighted by Gasteiger charge is 2.08. The van der Waals surface area contributed by atoms with E-state index in [2.05, 4.69) is 15.3 Å². The van der Waals surface area contributed by atoms with Crippen molar-refractivity contribution in [2.24, 2.45) is 4.99 Å². The van der Waals surface area contributed by atoms with Gasteiger partial charge in [0.15, 0.2) is 0 Å². The Morgan fingerprint density at radius 2 is 2.20 bits per heavy atom. The minimum atomic E-state index is 0.646. The molecule has 0 saturated carbocycles. The van der Waals surface area contributed by atoms with Gasteiger partial charge < -0.3 is 9.73 Å². The summed E-state index contributed by atoms with van der Waals surface area (Å²) < 4.78 is 5.48. The van der Waals surface area contributed by atoms with E-state index in [4.69, 9.17) is 4.42 Å². The van der Waals surface area contributed by atoms with Crippen molar-refractivity contribution in [1.82, 2.24) is 10.3 Å². The molecule has 0 aromatic carbocycles. The van der Waals surface area contributed by atoms with E-state index in [1.165, 1.54) is 12.8 Å². The second-order valence-electron chi connectivity index (χ2n) is 3.89. The molecule has 1 aliphatic heterocycles. The summed E-state index contributed by atoms with van der Waals surface area (Å²) in [6.07, 6.45) is 3.50. The van der Waals surface area contributed by atoms with E-state index in [0.29, 0.717) is 6.54 Å². The molecule has 1 N–H and O–H groups in total. The van der Waals surface area contributed by atoms with E-state index in [0.717, 1.165) is 36.1 Å². The zero-order valence-corrected chi connectivity index (χ0v) is 9.34.